The van der Waals surface area contributed by atoms with Crippen molar-refractivity contribution < 1.29 is 9.53 Å². The number of nitrogens with zero attached hydrogens (tertiary/aromatic N) is 6. The third kappa shape index (κ3) is 3.63. The number of hydrogen-bond acceptors (Lipinski definition) is 7. The lowest BCUT2D eigenvalue weighted by molar-refractivity contribution is 0.252. The highest BCUT2D eigenvalue weighted by molar-refractivity contribution is 6.04. The van der Waals surface area contributed by atoms with Gasteiger partial charge in [0.2, 0.25) is 5.88 Å². The fourth-order valence-corrected chi connectivity index (χ4v) is 4.23. The van der Waals surface area contributed by atoms with E-state index in [4.69, 9.17) is 9.72 Å². The molecule has 31 heavy (non-hydrogen) atoms. The summed E-state index contributed by atoms with van der Waals surface area (Å²) in [5.74, 6) is 1.43. The minimum absolute atomic E-state index is 0.0448. The molecule has 2 bridgehead atoms. The zero-order valence-electron chi connectivity index (χ0n) is 17.4. The second-order valence-electron chi connectivity index (χ2n) is 7.78. The summed E-state index contributed by atoms with van der Waals surface area (Å²) in [7, 11) is 1.52. The molecule has 0 unspecified atom stereocenters. The summed E-state index contributed by atoms with van der Waals surface area (Å²) < 4.78 is 5.14. The molecular formula is C22H23N7O2. The van der Waals surface area contributed by atoms with E-state index in [0.717, 1.165) is 48.4 Å². The van der Waals surface area contributed by atoms with Gasteiger partial charge in [-0.15, -0.1) is 0 Å². The summed E-state index contributed by atoms with van der Waals surface area (Å²) in [6.07, 6.45) is 6.92. The fraction of sp³-hybridized carbons (Fsp3) is 0.318. The molecule has 2 aliphatic heterocycles. The van der Waals surface area contributed by atoms with Crippen LogP contribution in [-0.4, -0.2) is 52.2 Å². The Balaban J connectivity index is 1.53. The van der Waals surface area contributed by atoms with Gasteiger partial charge in [0, 0.05) is 37.1 Å². The van der Waals surface area contributed by atoms with E-state index in [0.29, 0.717) is 17.5 Å². The minimum atomic E-state index is -0.263. The standard InChI is InChI=1S/C22H23N7O2/c1-14-8-15(11-23-10-14)17-5-6-18-21(26-17)29(16-4-3-7-28(18)12-16)22(30)27-19-9-20(31-2)25-13-24-19/h5-6,8-11,13,16H,3-4,7,12H2,1-2H3,(H,24,25,27,30)/t16-/m0/s1. The van der Waals surface area contributed by atoms with E-state index in [-0.39, 0.29) is 12.1 Å². The fourth-order valence-electron chi connectivity index (χ4n) is 4.23. The molecular weight excluding hydrogens is 394 g/mol. The van der Waals surface area contributed by atoms with Gasteiger partial charge in [0.15, 0.2) is 5.82 Å². The van der Waals surface area contributed by atoms with Crippen molar-refractivity contribution in [1.29, 1.82) is 0 Å². The zero-order valence-corrected chi connectivity index (χ0v) is 17.4. The highest BCUT2D eigenvalue weighted by Crippen LogP contribution is 2.39. The summed E-state index contributed by atoms with van der Waals surface area (Å²) >= 11 is 0. The van der Waals surface area contributed by atoms with Crippen LogP contribution in [0.25, 0.3) is 11.3 Å². The number of ether oxygens (including phenoxy) is 1. The van der Waals surface area contributed by atoms with Crippen LogP contribution in [0.3, 0.4) is 0 Å². The van der Waals surface area contributed by atoms with E-state index in [2.05, 4.69) is 31.2 Å². The normalized spacial score (nSPS) is 17.2. The lowest BCUT2D eigenvalue weighted by atomic mass is 9.99. The first-order valence-corrected chi connectivity index (χ1v) is 10.3. The number of rotatable bonds is 3. The van der Waals surface area contributed by atoms with E-state index < -0.39 is 0 Å². The number of fused-ring (bicyclic) bond motifs is 4. The zero-order chi connectivity index (χ0) is 21.4. The minimum Gasteiger partial charge on any atom is -0.481 e. The maximum absolute atomic E-state index is 13.4. The van der Waals surface area contributed by atoms with Crippen molar-refractivity contribution in [2.24, 2.45) is 0 Å². The average Bonchev–Trinajstić information content (AvgIpc) is 2.79. The highest BCUT2D eigenvalue weighted by atomic mass is 16.5. The number of pyridine rings is 2. The van der Waals surface area contributed by atoms with Crippen LogP contribution in [0.5, 0.6) is 5.88 Å². The molecule has 3 aromatic rings. The van der Waals surface area contributed by atoms with Gasteiger partial charge in [0.05, 0.1) is 24.5 Å². The monoisotopic (exact) mass is 417 g/mol. The smallest absolute Gasteiger partial charge is 0.329 e. The molecule has 0 aromatic carbocycles. The number of amides is 2. The number of carbonyl (C=O) groups is 1. The van der Waals surface area contributed by atoms with E-state index in [1.54, 1.807) is 17.2 Å². The van der Waals surface area contributed by atoms with Gasteiger partial charge in [-0.3, -0.25) is 15.2 Å². The van der Waals surface area contributed by atoms with Crippen LogP contribution in [0, 0.1) is 6.92 Å². The first kappa shape index (κ1) is 19.2. The molecule has 2 amide bonds. The van der Waals surface area contributed by atoms with Crippen molar-refractivity contribution in [1.82, 2.24) is 19.9 Å². The average molecular weight is 417 g/mol. The quantitative estimate of drug-likeness (QED) is 0.699. The topological polar surface area (TPSA) is 96.4 Å². The molecule has 158 valence electrons. The SMILES string of the molecule is COc1cc(NC(=O)N2c3nc(-c4cncc(C)c4)ccc3N3CCC[C@H]2C3)ncn1. The molecule has 9 nitrogen and oxygen atoms in total. The van der Waals surface area contributed by atoms with Crippen LogP contribution in [0.1, 0.15) is 18.4 Å². The molecule has 1 N–H and O–H groups in total. The number of carbonyl (C=O) groups excluding carboxylic acids is 1. The molecule has 0 aliphatic carbocycles. The van der Waals surface area contributed by atoms with Gasteiger partial charge < -0.3 is 9.64 Å². The largest absolute Gasteiger partial charge is 0.481 e. The van der Waals surface area contributed by atoms with Crippen LogP contribution >= 0.6 is 0 Å². The molecule has 3 aromatic heterocycles. The molecule has 1 atom stereocenters. The Hall–Kier alpha value is -3.75. The molecule has 9 heteroatoms. The van der Waals surface area contributed by atoms with E-state index in [1.807, 2.05) is 25.3 Å². The van der Waals surface area contributed by atoms with E-state index in [1.165, 1.54) is 13.4 Å². The second-order valence-corrected chi connectivity index (χ2v) is 7.78. The predicted molar refractivity (Wildman–Crippen MR) is 118 cm³/mol. The number of aryl methyl sites for hydroxylation is 1. The number of anilines is 3. The molecule has 1 saturated heterocycles. The summed E-state index contributed by atoms with van der Waals surface area (Å²) in [5.41, 5.74) is 3.74. The molecule has 2 aliphatic rings. The van der Waals surface area contributed by atoms with Crippen LogP contribution in [0.2, 0.25) is 0 Å². The lowest BCUT2D eigenvalue weighted by Gasteiger charge is -2.45. The third-order valence-corrected chi connectivity index (χ3v) is 5.66. The van der Waals surface area contributed by atoms with Gasteiger partial charge in [0.1, 0.15) is 12.1 Å². The Morgan fingerprint density at radius 3 is 2.97 bits per heavy atom. The lowest BCUT2D eigenvalue weighted by Crippen LogP contribution is -2.56. The van der Waals surface area contributed by atoms with Gasteiger partial charge in [-0.2, -0.15) is 0 Å². The van der Waals surface area contributed by atoms with Crippen molar-refractivity contribution in [2.75, 3.05) is 35.3 Å². The summed E-state index contributed by atoms with van der Waals surface area (Å²) in [6, 6.07) is 7.47. The van der Waals surface area contributed by atoms with Gasteiger partial charge in [0.25, 0.3) is 0 Å². The number of piperidine rings is 1. The predicted octanol–water partition coefficient (Wildman–Crippen LogP) is 3.27. The number of methoxy groups -OCH3 is 1. The van der Waals surface area contributed by atoms with Gasteiger partial charge in [-0.25, -0.2) is 19.7 Å². The van der Waals surface area contributed by atoms with Crippen molar-refractivity contribution in [3.05, 3.63) is 48.5 Å². The molecule has 5 heterocycles. The summed E-state index contributed by atoms with van der Waals surface area (Å²) in [4.78, 5) is 34.8. The third-order valence-electron chi connectivity index (χ3n) is 5.66. The molecule has 0 saturated carbocycles. The summed E-state index contributed by atoms with van der Waals surface area (Å²) in [6.45, 7) is 3.76. The first-order chi connectivity index (χ1) is 15.1. The van der Waals surface area contributed by atoms with Crippen molar-refractivity contribution in [3.8, 4) is 17.1 Å². The van der Waals surface area contributed by atoms with Crippen LogP contribution in [0.15, 0.2) is 43.0 Å². The van der Waals surface area contributed by atoms with Crippen molar-refractivity contribution in [3.63, 3.8) is 0 Å². The van der Waals surface area contributed by atoms with Crippen LogP contribution < -0.4 is 19.9 Å². The number of hydrogen-bond donors (Lipinski definition) is 1. The van der Waals surface area contributed by atoms with E-state index >= 15 is 0 Å². The maximum Gasteiger partial charge on any atom is 0.329 e. The second kappa shape index (κ2) is 7.82. The molecule has 0 spiro atoms. The maximum atomic E-state index is 13.4. The Morgan fingerprint density at radius 2 is 2.13 bits per heavy atom. The molecule has 0 radical (unpaired) electrons. The highest BCUT2D eigenvalue weighted by Gasteiger charge is 2.38. The van der Waals surface area contributed by atoms with Gasteiger partial charge in [-0.1, -0.05) is 0 Å². The number of urea groups is 1. The van der Waals surface area contributed by atoms with Crippen molar-refractivity contribution in [2.45, 2.75) is 25.8 Å². The Bertz CT molecular complexity index is 1140. The van der Waals surface area contributed by atoms with Crippen LogP contribution in [0.4, 0.5) is 22.1 Å². The molecule has 1 fully saturated rings. The van der Waals surface area contributed by atoms with Crippen LogP contribution in [-0.2, 0) is 0 Å². The Morgan fingerprint density at radius 1 is 1.23 bits per heavy atom. The van der Waals surface area contributed by atoms with Crippen molar-refractivity contribution >= 4 is 23.4 Å². The Kier molecular flexibility index (Phi) is 4.85. The number of aromatic nitrogens is 4. The summed E-state index contributed by atoms with van der Waals surface area (Å²) in [5, 5.41) is 2.88. The Labute approximate surface area is 180 Å². The number of nitrogens with one attached hydrogen (secondary N) is 1. The van der Waals surface area contributed by atoms with Gasteiger partial charge >= 0.3 is 6.03 Å². The van der Waals surface area contributed by atoms with E-state index in [9.17, 15) is 4.79 Å². The van der Waals surface area contributed by atoms with Gasteiger partial charge in [-0.05, 0) is 43.5 Å². The molecule has 5 rings (SSSR count). The first-order valence-electron chi connectivity index (χ1n) is 10.3.